The lowest BCUT2D eigenvalue weighted by atomic mass is 10.1. The zero-order chi connectivity index (χ0) is 30.1. The predicted molar refractivity (Wildman–Crippen MR) is 166 cm³/mol. The van der Waals surface area contributed by atoms with Crippen molar-refractivity contribution in [1.29, 1.82) is 0 Å². The molecule has 9 heteroatoms. The maximum Gasteiger partial charge on any atom is 0.308 e. The standard InChI is InChI=1S/C33H50O8Si/c1-28-15-16-29(27-39-28)41-32(34)17-18-35-19-20-36-21-22-37-23-24-38-25-26-40-42(33(2,3)4,30-11-7-5-8-12-30)31-13-9-6-10-14-31/h5-14,28-29H,15-27H2,1-4H3. The fraction of sp³-hybridized carbons (Fsp3) is 0.606. The summed E-state index contributed by atoms with van der Waals surface area (Å²) in [6, 6.07) is 21.2. The minimum atomic E-state index is -2.53. The van der Waals surface area contributed by atoms with Gasteiger partial charge in [-0.3, -0.25) is 4.79 Å². The Kier molecular flexibility index (Phi) is 15.2. The Morgan fingerprint density at radius 1 is 0.738 bits per heavy atom. The van der Waals surface area contributed by atoms with Crippen molar-refractivity contribution < 1.29 is 37.6 Å². The molecule has 0 aliphatic carbocycles. The highest BCUT2D eigenvalue weighted by atomic mass is 28.4. The van der Waals surface area contributed by atoms with E-state index in [0.717, 1.165) is 12.8 Å². The van der Waals surface area contributed by atoms with Crippen LogP contribution in [0.3, 0.4) is 0 Å². The van der Waals surface area contributed by atoms with Gasteiger partial charge in [0.15, 0.2) is 0 Å². The zero-order valence-corrected chi connectivity index (χ0v) is 26.9. The van der Waals surface area contributed by atoms with Crippen LogP contribution in [0.5, 0.6) is 0 Å². The van der Waals surface area contributed by atoms with E-state index in [1.165, 1.54) is 10.4 Å². The molecule has 0 saturated carbocycles. The summed E-state index contributed by atoms with van der Waals surface area (Å²) in [5, 5.41) is 2.47. The highest BCUT2D eigenvalue weighted by Crippen LogP contribution is 2.36. The quantitative estimate of drug-likeness (QED) is 0.135. The first-order chi connectivity index (χ1) is 20.3. The van der Waals surface area contributed by atoms with Crippen LogP contribution in [0.15, 0.2) is 60.7 Å². The molecular weight excluding hydrogens is 552 g/mol. The zero-order valence-electron chi connectivity index (χ0n) is 25.9. The maximum absolute atomic E-state index is 11.9. The Morgan fingerprint density at radius 2 is 1.21 bits per heavy atom. The lowest BCUT2D eigenvalue weighted by Crippen LogP contribution is -2.66. The minimum Gasteiger partial charge on any atom is -0.460 e. The van der Waals surface area contributed by atoms with Crippen molar-refractivity contribution in [3.8, 4) is 0 Å². The summed E-state index contributed by atoms with van der Waals surface area (Å²) < 4.78 is 40.2. The number of hydrogen-bond acceptors (Lipinski definition) is 8. The Balaban J connectivity index is 1.21. The molecular formula is C33H50O8Si. The van der Waals surface area contributed by atoms with Gasteiger partial charge < -0.3 is 32.8 Å². The van der Waals surface area contributed by atoms with Crippen LogP contribution >= 0.6 is 0 Å². The van der Waals surface area contributed by atoms with E-state index in [2.05, 4.69) is 69.3 Å². The predicted octanol–water partition coefficient (Wildman–Crippen LogP) is 4.13. The first-order valence-corrected chi connectivity index (χ1v) is 17.1. The molecule has 1 aliphatic rings. The van der Waals surface area contributed by atoms with Crippen LogP contribution < -0.4 is 10.4 Å². The monoisotopic (exact) mass is 602 g/mol. The van der Waals surface area contributed by atoms with Crippen molar-refractivity contribution in [1.82, 2.24) is 0 Å². The molecule has 1 aliphatic heterocycles. The summed E-state index contributed by atoms with van der Waals surface area (Å²) in [7, 11) is -2.53. The number of rotatable bonds is 19. The number of carbonyl (C=O) groups excluding carboxylic acids is 1. The molecule has 0 aromatic heterocycles. The van der Waals surface area contributed by atoms with E-state index < -0.39 is 8.32 Å². The van der Waals surface area contributed by atoms with Gasteiger partial charge in [-0.1, -0.05) is 81.4 Å². The van der Waals surface area contributed by atoms with Crippen LogP contribution in [0.2, 0.25) is 5.04 Å². The summed E-state index contributed by atoms with van der Waals surface area (Å²) in [5.74, 6) is -0.246. The van der Waals surface area contributed by atoms with Gasteiger partial charge in [-0.05, 0) is 35.2 Å². The first-order valence-electron chi connectivity index (χ1n) is 15.2. The van der Waals surface area contributed by atoms with Crippen molar-refractivity contribution in [2.24, 2.45) is 0 Å². The van der Waals surface area contributed by atoms with E-state index in [1.54, 1.807) is 0 Å². The smallest absolute Gasteiger partial charge is 0.308 e. The normalized spacial score (nSPS) is 17.7. The Morgan fingerprint density at radius 3 is 1.67 bits per heavy atom. The van der Waals surface area contributed by atoms with E-state index in [9.17, 15) is 4.79 Å². The van der Waals surface area contributed by atoms with Gasteiger partial charge in [0.2, 0.25) is 0 Å². The molecule has 0 radical (unpaired) electrons. The van der Waals surface area contributed by atoms with Crippen LogP contribution in [0.25, 0.3) is 0 Å². The number of esters is 1. The van der Waals surface area contributed by atoms with E-state index >= 15 is 0 Å². The summed E-state index contributed by atoms with van der Waals surface area (Å²) in [6.07, 6.45) is 2.12. The van der Waals surface area contributed by atoms with Gasteiger partial charge in [0.1, 0.15) is 6.10 Å². The molecule has 234 valence electrons. The second-order valence-electron chi connectivity index (χ2n) is 11.5. The fourth-order valence-corrected chi connectivity index (χ4v) is 9.67. The summed E-state index contributed by atoms with van der Waals surface area (Å²) in [4.78, 5) is 11.9. The van der Waals surface area contributed by atoms with E-state index in [-0.39, 0.29) is 29.6 Å². The molecule has 0 amide bonds. The Labute approximate surface area is 253 Å². The van der Waals surface area contributed by atoms with Gasteiger partial charge in [-0.2, -0.15) is 0 Å². The highest BCUT2D eigenvalue weighted by molar-refractivity contribution is 6.99. The summed E-state index contributed by atoms with van der Waals surface area (Å²) in [5.41, 5.74) is 0. The van der Waals surface area contributed by atoms with Crippen molar-refractivity contribution in [2.45, 2.75) is 64.2 Å². The largest absolute Gasteiger partial charge is 0.460 e. The molecule has 42 heavy (non-hydrogen) atoms. The van der Waals surface area contributed by atoms with Crippen LogP contribution in [0.4, 0.5) is 0 Å². The molecule has 2 aromatic rings. The maximum atomic E-state index is 11.9. The van der Waals surface area contributed by atoms with E-state index in [1.807, 2.05) is 19.1 Å². The fourth-order valence-electron chi connectivity index (χ4n) is 5.13. The third kappa shape index (κ3) is 11.2. The third-order valence-corrected chi connectivity index (χ3v) is 12.3. The average Bonchev–Trinajstić information content (AvgIpc) is 2.98. The molecule has 0 bridgehead atoms. The molecule has 0 N–H and O–H groups in total. The van der Waals surface area contributed by atoms with Gasteiger partial charge >= 0.3 is 5.97 Å². The number of carbonyl (C=O) groups is 1. The summed E-state index contributed by atoms with van der Waals surface area (Å²) >= 11 is 0. The van der Waals surface area contributed by atoms with Crippen LogP contribution in [-0.2, 0) is 37.6 Å². The van der Waals surface area contributed by atoms with Crippen molar-refractivity contribution in [3.05, 3.63) is 60.7 Å². The van der Waals surface area contributed by atoms with Crippen molar-refractivity contribution >= 4 is 24.7 Å². The second kappa shape index (κ2) is 18.5. The van der Waals surface area contributed by atoms with Crippen LogP contribution in [0, 0.1) is 0 Å². The van der Waals surface area contributed by atoms with Gasteiger partial charge in [-0.25, -0.2) is 0 Å². The lowest BCUT2D eigenvalue weighted by molar-refractivity contribution is -0.159. The number of benzene rings is 2. The molecule has 8 nitrogen and oxygen atoms in total. The first kappa shape index (κ1) is 34.4. The second-order valence-corrected chi connectivity index (χ2v) is 15.9. The topological polar surface area (TPSA) is 81.7 Å². The minimum absolute atomic E-state index is 0.0565. The number of ether oxygens (including phenoxy) is 6. The molecule has 3 rings (SSSR count). The van der Waals surface area contributed by atoms with Gasteiger partial charge in [0, 0.05) is 0 Å². The Bertz CT molecular complexity index is 951. The van der Waals surface area contributed by atoms with Gasteiger partial charge in [0.25, 0.3) is 8.32 Å². The SMILES string of the molecule is CC1CCC(OC(=O)CCOCCOCCOCCOCCO[Si](c2ccccc2)(c2ccccc2)C(C)(C)C)CO1. The molecule has 0 spiro atoms. The van der Waals surface area contributed by atoms with Crippen molar-refractivity contribution in [3.63, 3.8) is 0 Å². The van der Waals surface area contributed by atoms with Crippen LogP contribution in [-0.4, -0.2) is 92.6 Å². The third-order valence-electron chi connectivity index (χ3n) is 7.29. The Hall–Kier alpha value is -2.11. The van der Waals surface area contributed by atoms with Gasteiger partial charge in [-0.15, -0.1) is 0 Å². The molecule has 2 atom stereocenters. The molecule has 1 heterocycles. The van der Waals surface area contributed by atoms with Crippen LogP contribution in [0.1, 0.15) is 47.0 Å². The van der Waals surface area contributed by atoms with Crippen molar-refractivity contribution in [2.75, 3.05) is 66.1 Å². The number of hydrogen-bond donors (Lipinski definition) is 0. The van der Waals surface area contributed by atoms with E-state index in [4.69, 9.17) is 32.8 Å². The molecule has 2 unspecified atom stereocenters. The molecule has 1 saturated heterocycles. The molecule has 1 fully saturated rings. The average molecular weight is 603 g/mol. The molecule has 2 aromatic carbocycles. The van der Waals surface area contributed by atoms with Gasteiger partial charge in [0.05, 0.1) is 78.6 Å². The summed E-state index contributed by atoms with van der Waals surface area (Å²) in [6.45, 7) is 13.5. The lowest BCUT2D eigenvalue weighted by Gasteiger charge is -2.43. The van der Waals surface area contributed by atoms with E-state index in [0.29, 0.717) is 66.1 Å². The highest BCUT2D eigenvalue weighted by Gasteiger charge is 2.50.